The largest absolute Gasteiger partial charge is 0.480 e. The summed E-state index contributed by atoms with van der Waals surface area (Å²) < 4.78 is 0. The van der Waals surface area contributed by atoms with Crippen molar-refractivity contribution in [3.05, 3.63) is 0 Å². The van der Waals surface area contributed by atoms with Gasteiger partial charge in [0.2, 0.25) is 23.6 Å². The highest BCUT2D eigenvalue weighted by Crippen LogP contribution is 2.07. The van der Waals surface area contributed by atoms with Gasteiger partial charge in [0.25, 0.3) is 0 Å². The summed E-state index contributed by atoms with van der Waals surface area (Å²) in [6, 6.07) is -2.65. The molecule has 1 aliphatic rings. The van der Waals surface area contributed by atoms with Gasteiger partial charge >= 0.3 is 5.97 Å². The average molecular weight is 457 g/mol. The molecule has 11 N–H and O–H groups in total. The van der Waals surface area contributed by atoms with Crippen molar-refractivity contribution in [2.75, 3.05) is 19.6 Å². The van der Waals surface area contributed by atoms with E-state index in [1.165, 1.54) is 0 Å². The molecule has 14 nitrogen and oxygen atoms in total. The molecular weight excluding hydrogens is 424 g/mol. The Morgan fingerprint density at radius 3 is 2.34 bits per heavy atom. The second-order valence-electron chi connectivity index (χ2n) is 7.34. The van der Waals surface area contributed by atoms with Gasteiger partial charge in [-0.2, -0.15) is 0 Å². The zero-order chi connectivity index (χ0) is 24.1. The SMILES string of the molecule is NC(=O)CCC(NC(=O)CNC(=O)C(CCCN=C(N)N)NC(=O)C1CCCN1)C(=O)O. The van der Waals surface area contributed by atoms with Crippen molar-refractivity contribution >= 4 is 35.6 Å². The van der Waals surface area contributed by atoms with Crippen LogP contribution in [0.2, 0.25) is 0 Å². The fraction of sp³-hybridized carbons (Fsp3) is 0.667. The number of carboxylic acids is 1. The highest BCUT2D eigenvalue weighted by molar-refractivity contribution is 5.92. The average Bonchev–Trinajstić information content (AvgIpc) is 3.25. The van der Waals surface area contributed by atoms with E-state index in [1.807, 2.05) is 0 Å². The molecule has 0 aromatic heterocycles. The number of nitrogens with zero attached hydrogens (tertiary/aromatic N) is 1. The van der Waals surface area contributed by atoms with Gasteiger partial charge < -0.3 is 43.6 Å². The van der Waals surface area contributed by atoms with Crippen molar-refractivity contribution < 1.29 is 29.1 Å². The molecule has 180 valence electrons. The fourth-order valence-electron chi connectivity index (χ4n) is 3.03. The zero-order valence-electron chi connectivity index (χ0n) is 17.8. The van der Waals surface area contributed by atoms with Crippen LogP contribution in [0.3, 0.4) is 0 Å². The van der Waals surface area contributed by atoms with Crippen molar-refractivity contribution in [3.63, 3.8) is 0 Å². The van der Waals surface area contributed by atoms with Crippen LogP contribution in [0, 0.1) is 0 Å². The third kappa shape index (κ3) is 10.6. The minimum absolute atomic E-state index is 0.0915. The highest BCUT2D eigenvalue weighted by atomic mass is 16.4. The van der Waals surface area contributed by atoms with Crippen molar-refractivity contribution in [3.8, 4) is 0 Å². The van der Waals surface area contributed by atoms with E-state index >= 15 is 0 Å². The maximum Gasteiger partial charge on any atom is 0.326 e. The minimum Gasteiger partial charge on any atom is -0.480 e. The Labute approximate surface area is 185 Å². The van der Waals surface area contributed by atoms with Gasteiger partial charge in [-0.1, -0.05) is 0 Å². The van der Waals surface area contributed by atoms with Crippen LogP contribution in [0.4, 0.5) is 0 Å². The number of nitrogens with two attached hydrogens (primary N) is 3. The molecule has 0 radical (unpaired) electrons. The number of amides is 4. The maximum atomic E-state index is 12.6. The number of rotatable bonds is 14. The zero-order valence-corrected chi connectivity index (χ0v) is 17.8. The minimum atomic E-state index is -1.33. The Hall–Kier alpha value is -3.42. The van der Waals surface area contributed by atoms with E-state index in [2.05, 4.69) is 26.3 Å². The van der Waals surface area contributed by atoms with Crippen molar-refractivity contribution in [1.82, 2.24) is 21.3 Å². The molecule has 3 unspecified atom stereocenters. The summed E-state index contributed by atoms with van der Waals surface area (Å²) in [6.07, 6.45) is 1.72. The van der Waals surface area contributed by atoms with Gasteiger partial charge in [-0.25, -0.2) is 4.79 Å². The monoisotopic (exact) mass is 456 g/mol. The first-order chi connectivity index (χ1) is 15.1. The van der Waals surface area contributed by atoms with E-state index in [-0.39, 0.29) is 37.7 Å². The van der Waals surface area contributed by atoms with Crippen molar-refractivity contribution in [2.24, 2.45) is 22.2 Å². The van der Waals surface area contributed by atoms with Gasteiger partial charge in [0, 0.05) is 13.0 Å². The number of aliphatic imine (C=N–C) groups is 1. The van der Waals surface area contributed by atoms with Crippen LogP contribution in [-0.2, 0) is 24.0 Å². The predicted molar refractivity (Wildman–Crippen MR) is 114 cm³/mol. The van der Waals surface area contributed by atoms with E-state index < -0.39 is 48.4 Å². The van der Waals surface area contributed by atoms with Crippen LogP contribution in [0.5, 0.6) is 0 Å². The second-order valence-corrected chi connectivity index (χ2v) is 7.34. The highest BCUT2D eigenvalue weighted by Gasteiger charge is 2.27. The van der Waals surface area contributed by atoms with Crippen molar-refractivity contribution in [2.45, 2.75) is 56.7 Å². The number of hydrogen-bond acceptors (Lipinski definition) is 7. The molecule has 1 rings (SSSR count). The number of nitrogens with one attached hydrogen (secondary N) is 4. The Morgan fingerprint density at radius 1 is 1.06 bits per heavy atom. The molecule has 0 aliphatic carbocycles. The van der Waals surface area contributed by atoms with Gasteiger partial charge in [-0.15, -0.1) is 0 Å². The quantitative estimate of drug-likeness (QED) is 0.0725. The first-order valence-electron chi connectivity index (χ1n) is 10.3. The first kappa shape index (κ1) is 26.6. The van der Waals surface area contributed by atoms with Crippen LogP contribution in [0.25, 0.3) is 0 Å². The topological polar surface area (TPSA) is 244 Å². The molecule has 1 saturated heterocycles. The molecule has 0 aromatic carbocycles. The lowest BCUT2D eigenvalue weighted by Crippen LogP contribution is -2.53. The Morgan fingerprint density at radius 2 is 1.78 bits per heavy atom. The van der Waals surface area contributed by atoms with E-state index in [1.54, 1.807) is 0 Å². The molecule has 32 heavy (non-hydrogen) atoms. The standard InChI is InChI=1S/C18H32N8O6/c19-13(27)6-5-12(17(31)32)25-14(28)9-24-15(29)11(4-2-8-23-18(20)21)26-16(30)10-3-1-7-22-10/h10-12,22H,1-9H2,(H2,19,27)(H,24,29)(H,25,28)(H,26,30)(H,31,32)(H4,20,21,23). The van der Waals surface area contributed by atoms with Crippen molar-refractivity contribution in [1.29, 1.82) is 0 Å². The van der Waals surface area contributed by atoms with E-state index in [0.29, 0.717) is 19.4 Å². The number of carbonyl (C=O) groups is 5. The Balaban J connectivity index is 2.62. The molecule has 14 heteroatoms. The molecular formula is C18H32N8O6. The summed E-state index contributed by atoms with van der Waals surface area (Å²) in [5, 5.41) is 19.4. The molecule has 4 amide bonds. The molecule has 1 fully saturated rings. The number of aliphatic carboxylic acids is 1. The van der Waals surface area contributed by atoms with Gasteiger partial charge in [0.1, 0.15) is 12.1 Å². The predicted octanol–water partition coefficient (Wildman–Crippen LogP) is -3.77. The first-order valence-corrected chi connectivity index (χ1v) is 10.3. The molecule has 1 heterocycles. The van der Waals surface area contributed by atoms with E-state index in [4.69, 9.17) is 22.3 Å². The lowest BCUT2D eigenvalue weighted by molar-refractivity contribution is -0.142. The summed E-state index contributed by atoms with van der Waals surface area (Å²) in [4.78, 5) is 62.9. The number of guanidine groups is 1. The normalized spacial score (nSPS) is 16.9. The smallest absolute Gasteiger partial charge is 0.326 e. The fourth-order valence-corrected chi connectivity index (χ4v) is 3.03. The van der Waals surface area contributed by atoms with E-state index in [0.717, 1.165) is 6.42 Å². The van der Waals surface area contributed by atoms with Crippen LogP contribution >= 0.6 is 0 Å². The lowest BCUT2D eigenvalue weighted by Gasteiger charge is -2.21. The van der Waals surface area contributed by atoms with E-state index in [9.17, 15) is 24.0 Å². The third-order valence-electron chi connectivity index (χ3n) is 4.69. The number of primary amides is 1. The number of carboxylic acid groups (broad SMARTS) is 1. The van der Waals surface area contributed by atoms with Gasteiger partial charge in [-0.05, 0) is 38.6 Å². The summed E-state index contributed by atoms with van der Waals surface area (Å²) in [6.45, 7) is 0.450. The summed E-state index contributed by atoms with van der Waals surface area (Å²) in [7, 11) is 0. The third-order valence-corrected chi connectivity index (χ3v) is 4.69. The molecule has 0 bridgehead atoms. The number of hydrogen-bond donors (Lipinski definition) is 8. The summed E-state index contributed by atoms with van der Waals surface area (Å²) >= 11 is 0. The Bertz CT molecular complexity index is 718. The Kier molecular flexibility index (Phi) is 11.5. The molecule has 0 saturated carbocycles. The molecule has 3 atom stereocenters. The molecule has 0 spiro atoms. The van der Waals surface area contributed by atoms with Gasteiger partial charge in [0.05, 0.1) is 12.6 Å². The molecule has 1 aliphatic heterocycles. The lowest BCUT2D eigenvalue weighted by atomic mass is 10.1. The summed E-state index contributed by atoms with van der Waals surface area (Å²) in [5.74, 6) is -3.83. The number of carbonyl (C=O) groups excluding carboxylic acids is 4. The van der Waals surface area contributed by atoms with Gasteiger partial charge in [-0.3, -0.25) is 24.2 Å². The van der Waals surface area contributed by atoms with Crippen LogP contribution < -0.4 is 38.5 Å². The van der Waals surface area contributed by atoms with Crippen LogP contribution in [-0.4, -0.2) is 78.4 Å². The summed E-state index contributed by atoms with van der Waals surface area (Å²) in [5.41, 5.74) is 15.5. The molecule has 0 aromatic rings. The second kappa shape index (κ2) is 13.8. The van der Waals surface area contributed by atoms with Gasteiger partial charge in [0.15, 0.2) is 5.96 Å². The maximum absolute atomic E-state index is 12.6. The van der Waals surface area contributed by atoms with Crippen LogP contribution in [0.15, 0.2) is 4.99 Å². The van der Waals surface area contributed by atoms with Crippen LogP contribution in [0.1, 0.15) is 38.5 Å².